The van der Waals surface area contributed by atoms with Crippen molar-refractivity contribution in [1.29, 1.82) is 0 Å². The zero-order chi connectivity index (χ0) is 42.8. The number of carbonyl (C=O) groups excluding carboxylic acids is 6. The summed E-state index contributed by atoms with van der Waals surface area (Å²) < 4.78 is 5.35. The number of phenols is 1. The molecule has 4 amide bonds. The fourth-order valence-electron chi connectivity index (χ4n) is 5.97. The highest BCUT2D eigenvalue weighted by molar-refractivity contribution is 5.96. The molecule has 0 aliphatic carbocycles. The minimum atomic E-state index is -1.78. The van der Waals surface area contributed by atoms with Crippen LogP contribution in [0.15, 0.2) is 84.9 Å². The van der Waals surface area contributed by atoms with Crippen LogP contribution in [0.25, 0.3) is 0 Å². The number of carboxylic acids is 2. The number of amides is 4. The molecule has 0 spiro atoms. The minimum absolute atomic E-state index is 0.0248. The zero-order valence-electron chi connectivity index (χ0n) is 32.5. The Balaban J connectivity index is 1.67. The maximum atomic E-state index is 13.6. The highest BCUT2D eigenvalue weighted by atomic mass is 16.5. The summed E-state index contributed by atoms with van der Waals surface area (Å²) in [7, 11) is 0. The first-order chi connectivity index (χ1) is 27.5. The van der Waals surface area contributed by atoms with Gasteiger partial charge in [0.1, 0.15) is 36.5 Å². The second-order valence-electron chi connectivity index (χ2n) is 14.2. The molecule has 16 heteroatoms. The smallest absolute Gasteiger partial charge is 0.326 e. The number of aliphatic carboxylic acids is 2. The summed E-state index contributed by atoms with van der Waals surface area (Å²) in [5.74, 6) is -9.01. The maximum absolute atomic E-state index is 13.6. The van der Waals surface area contributed by atoms with Gasteiger partial charge in [-0.15, -0.1) is 0 Å². The van der Waals surface area contributed by atoms with Crippen molar-refractivity contribution in [2.45, 2.75) is 83.5 Å². The molecule has 0 fully saturated rings. The monoisotopic (exact) mass is 802 g/mol. The lowest BCUT2D eigenvalue weighted by Gasteiger charge is -2.27. The van der Waals surface area contributed by atoms with Crippen molar-refractivity contribution >= 4 is 47.3 Å². The van der Waals surface area contributed by atoms with Crippen LogP contribution >= 0.6 is 0 Å². The summed E-state index contributed by atoms with van der Waals surface area (Å²) in [6.07, 6.45) is -1.12. The molecule has 16 nitrogen and oxygen atoms in total. The predicted octanol–water partition coefficient (Wildman–Crippen LogP) is 2.10. The van der Waals surface area contributed by atoms with Gasteiger partial charge in [-0.1, -0.05) is 86.6 Å². The molecule has 0 bridgehead atoms. The van der Waals surface area contributed by atoms with E-state index in [1.54, 1.807) is 13.8 Å². The zero-order valence-corrected chi connectivity index (χ0v) is 32.5. The van der Waals surface area contributed by atoms with Crippen LogP contribution in [0.4, 0.5) is 0 Å². The van der Waals surface area contributed by atoms with E-state index in [1.165, 1.54) is 31.2 Å². The van der Waals surface area contributed by atoms with E-state index in [-0.39, 0.29) is 12.2 Å². The highest BCUT2D eigenvalue weighted by Crippen LogP contribution is 2.17. The molecule has 0 aliphatic rings. The Hall–Kier alpha value is -6.58. The van der Waals surface area contributed by atoms with Crippen molar-refractivity contribution in [3.8, 4) is 5.75 Å². The van der Waals surface area contributed by atoms with Crippen LogP contribution in [-0.2, 0) is 62.4 Å². The summed E-state index contributed by atoms with van der Waals surface area (Å²) in [5.41, 5.74) is 2.31. The molecule has 7 N–H and O–H groups in total. The van der Waals surface area contributed by atoms with E-state index in [0.717, 1.165) is 11.1 Å². The lowest BCUT2D eigenvalue weighted by atomic mass is 9.92. The molecule has 0 heterocycles. The average Bonchev–Trinajstić information content (AvgIpc) is 3.17. The molecule has 4 unspecified atom stereocenters. The van der Waals surface area contributed by atoms with Crippen LogP contribution in [0.1, 0.15) is 56.7 Å². The first-order valence-electron chi connectivity index (χ1n) is 18.7. The summed E-state index contributed by atoms with van der Waals surface area (Å²) in [5, 5.41) is 38.4. The summed E-state index contributed by atoms with van der Waals surface area (Å²) in [4.78, 5) is 102. The fraction of sp³-hybridized carbons (Fsp3) is 0.381. The van der Waals surface area contributed by atoms with Gasteiger partial charge in [-0.3, -0.25) is 33.6 Å². The fourth-order valence-corrected chi connectivity index (χ4v) is 5.97. The normalized spacial score (nSPS) is 13.0. The van der Waals surface area contributed by atoms with Crippen molar-refractivity contribution in [1.82, 2.24) is 21.3 Å². The number of Topliss-reactive ketones (excluding diaryl/α,β-unsaturated/α-hetero) is 1. The van der Waals surface area contributed by atoms with E-state index >= 15 is 0 Å². The van der Waals surface area contributed by atoms with Crippen LogP contribution in [-0.4, -0.2) is 93.4 Å². The van der Waals surface area contributed by atoms with E-state index in [0.29, 0.717) is 18.4 Å². The van der Waals surface area contributed by atoms with Gasteiger partial charge < -0.3 is 41.3 Å². The van der Waals surface area contributed by atoms with Gasteiger partial charge in [-0.2, -0.15) is 0 Å². The van der Waals surface area contributed by atoms with Gasteiger partial charge in [0.05, 0.1) is 5.92 Å². The first-order valence-corrected chi connectivity index (χ1v) is 18.7. The second kappa shape index (κ2) is 22.8. The van der Waals surface area contributed by atoms with Crippen molar-refractivity contribution in [2.24, 2.45) is 11.8 Å². The van der Waals surface area contributed by atoms with Gasteiger partial charge in [-0.25, -0.2) is 4.79 Å². The number of rotatable bonds is 23. The van der Waals surface area contributed by atoms with Gasteiger partial charge in [0.2, 0.25) is 23.6 Å². The summed E-state index contributed by atoms with van der Waals surface area (Å²) >= 11 is 0. The number of carboxylic acid groups (broad SMARTS) is 2. The molecule has 58 heavy (non-hydrogen) atoms. The third kappa shape index (κ3) is 15.9. The van der Waals surface area contributed by atoms with Gasteiger partial charge in [0.25, 0.3) is 0 Å². The topological polar surface area (TPSA) is 255 Å². The molecule has 0 aromatic heterocycles. The van der Waals surface area contributed by atoms with E-state index in [2.05, 4.69) is 21.3 Å². The van der Waals surface area contributed by atoms with Crippen LogP contribution in [0, 0.1) is 11.8 Å². The Bertz CT molecular complexity index is 1850. The number of hydrogen-bond donors (Lipinski definition) is 7. The van der Waals surface area contributed by atoms with Crippen LogP contribution < -0.4 is 21.3 Å². The number of esters is 1. The number of hydrogen-bond acceptors (Lipinski definition) is 10. The van der Waals surface area contributed by atoms with Gasteiger partial charge in [0, 0.05) is 26.2 Å². The average molecular weight is 803 g/mol. The molecule has 0 aliphatic heterocycles. The Morgan fingerprint density at radius 1 is 0.621 bits per heavy atom. The molecule has 0 radical (unpaired) electrons. The quantitative estimate of drug-likeness (QED) is 0.0681. The maximum Gasteiger partial charge on any atom is 0.326 e. The van der Waals surface area contributed by atoms with E-state index in [9.17, 15) is 53.7 Å². The SMILES string of the molecule is CC(=O)NC(Cc1ccc(O)cc1)C(=O)NC(CCC(=O)O)C(=O)NC(C(=O)NC(CC(=O)COC(=O)C(Cc1ccccc1)Cc1ccccc1)C(=O)O)C(C)C. The number of phenolic OH excluding ortho intramolecular Hbond substituents is 1. The third-order valence-corrected chi connectivity index (χ3v) is 9.00. The highest BCUT2D eigenvalue weighted by Gasteiger charge is 2.34. The lowest BCUT2D eigenvalue weighted by molar-refractivity contribution is -0.152. The summed E-state index contributed by atoms with van der Waals surface area (Å²) in [6.45, 7) is 3.51. The molecule has 3 rings (SSSR count). The van der Waals surface area contributed by atoms with Gasteiger partial charge in [0.15, 0.2) is 5.78 Å². The molecule has 0 saturated heterocycles. The van der Waals surface area contributed by atoms with Crippen LogP contribution in [0.5, 0.6) is 5.75 Å². The molecular weight excluding hydrogens is 752 g/mol. The Morgan fingerprint density at radius 2 is 1.14 bits per heavy atom. The van der Waals surface area contributed by atoms with Crippen molar-refractivity contribution in [3.63, 3.8) is 0 Å². The number of carbonyl (C=O) groups is 8. The van der Waals surface area contributed by atoms with Gasteiger partial charge >= 0.3 is 17.9 Å². The Labute approximate surface area is 335 Å². The molecular formula is C42H50N4O12. The van der Waals surface area contributed by atoms with Crippen LogP contribution in [0.2, 0.25) is 0 Å². The molecule has 3 aromatic rings. The number of nitrogens with one attached hydrogen (secondary N) is 4. The molecule has 4 atom stereocenters. The van der Waals surface area contributed by atoms with Crippen molar-refractivity contribution < 1.29 is 58.4 Å². The van der Waals surface area contributed by atoms with E-state index in [1.807, 2.05) is 60.7 Å². The van der Waals surface area contributed by atoms with Crippen molar-refractivity contribution in [3.05, 3.63) is 102 Å². The molecule has 3 aromatic carbocycles. The summed E-state index contributed by atoms with van der Waals surface area (Å²) in [6, 6.07) is 18.4. The van der Waals surface area contributed by atoms with Gasteiger partial charge in [-0.05, 0) is 54.0 Å². The third-order valence-electron chi connectivity index (χ3n) is 9.00. The molecule has 310 valence electrons. The van der Waals surface area contributed by atoms with E-state index < -0.39 is 109 Å². The predicted molar refractivity (Wildman–Crippen MR) is 209 cm³/mol. The minimum Gasteiger partial charge on any atom is -0.508 e. The number of ketones is 1. The number of benzene rings is 3. The number of aromatic hydroxyl groups is 1. The first kappa shape index (κ1) is 45.8. The largest absolute Gasteiger partial charge is 0.508 e. The standard InChI is InChI=1S/C42H50N4O12/c1-25(2)37(46-38(52)33(18-19-36(50)51)44-39(53)34(43-26(3)47)22-29-14-16-31(48)17-15-29)40(54)45-35(41(55)56)23-32(49)24-58-42(57)30(20-27-10-6-4-7-11-27)21-28-12-8-5-9-13-28/h4-17,25,30,33-35,37,48H,18-24H2,1-3H3,(H,43,47)(H,44,53)(H,45,54)(H,46,52)(H,50,51)(H,55,56). The lowest BCUT2D eigenvalue weighted by Crippen LogP contribution is -2.59. The Morgan fingerprint density at radius 3 is 1.64 bits per heavy atom. The van der Waals surface area contributed by atoms with Crippen molar-refractivity contribution in [2.75, 3.05) is 6.61 Å². The van der Waals surface area contributed by atoms with E-state index in [4.69, 9.17) is 4.74 Å². The molecule has 0 saturated carbocycles. The Kier molecular flexibility index (Phi) is 18.0. The van der Waals surface area contributed by atoms with Crippen LogP contribution in [0.3, 0.4) is 0 Å². The number of ether oxygens (including phenoxy) is 1. The second-order valence-corrected chi connectivity index (χ2v) is 14.2.